The van der Waals surface area contributed by atoms with Gasteiger partial charge in [0, 0.05) is 5.02 Å². The van der Waals surface area contributed by atoms with E-state index in [0.29, 0.717) is 28.1 Å². The van der Waals surface area contributed by atoms with E-state index in [1.165, 1.54) is 6.33 Å². The molecule has 5 atom stereocenters. The average Bonchev–Trinajstić information content (AvgIpc) is 3.23. The number of hydrogen-bond donors (Lipinski definition) is 4. The summed E-state index contributed by atoms with van der Waals surface area (Å²) in [5.41, 5.74) is 2.58. The molecule has 27 heavy (non-hydrogen) atoms. The van der Waals surface area contributed by atoms with Gasteiger partial charge in [-0.2, -0.15) is 5.10 Å². The van der Waals surface area contributed by atoms with Crippen molar-refractivity contribution in [3.05, 3.63) is 53.0 Å². The summed E-state index contributed by atoms with van der Waals surface area (Å²) in [6.07, 6.45) is 1.94. The maximum Gasteiger partial charge on any atom is 0.202 e. The Kier molecular flexibility index (Phi) is 4.63. The number of aliphatic hydroxyl groups excluding tert-OH is 2. The van der Waals surface area contributed by atoms with Crippen LogP contribution in [-0.4, -0.2) is 41.9 Å². The molecular formula is C18H21ClN6O2. The number of hydrogen-bond acceptors (Lipinski definition) is 6. The highest BCUT2D eigenvalue weighted by molar-refractivity contribution is 6.30. The fourth-order valence-electron chi connectivity index (χ4n) is 4.06. The van der Waals surface area contributed by atoms with Crippen molar-refractivity contribution in [1.82, 2.24) is 19.5 Å². The minimum absolute atomic E-state index is 0.0620. The van der Waals surface area contributed by atoms with Crippen molar-refractivity contribution < 1.29 is 10.2 Å². The number of H-pyrrole nitrogens is 1. The number of fused-ring (bicyclic) bond motifs is 1. The van der Waals surface area contributed by atoms with E-state index in [9.17, 15) is 10.2 Å². The Morgan fingerprint density at radius 2 is 2.00 bits per heavy atom. The van der Waals surface area contributed by atoms with Gasteiger partial charge in [0.2, 0.25) is 5.49 Å². The summed E-state index contributed by atoms with van der Waals surface area (Å²) < 4.78 is 1.83. The van der Waals surface area contributed by atoms with Crippen LogP contribution in [0.2, 0.25) is 5.02 Å². The SMILES string of the molecule is CC(c1ccc(Cl)cc1)[C@H]1C[C@@H](n2cnc3/c(=N\N)nc[nH]c32)[C@H](O)[C@@H]1O. The summed E-state index contributed by atoms with van der Waals surface area (Å²) in [6, 6.07) is 7.27. The van der Waals surface area contributed by atoms with Crippen LogP contribution in [0.25, 0.3) is 11.2 Å². The summed E-state index contributed by atoms with van der Waals surface area (Å²) >= 11 is 5.97. The molecule has 1 aliphatic carbocycles. The van der Waals surface area contributed by atoms with Gasteiger partial charge < -0.3 is 25.6 Å². The predicted octanol–water partition coefficient (Wildman–Crippen LogP) is 1.27. The van der Waals surface area contributed by atoms with Crippen molar-refractivity contribution in [1.29, 1.82) is 0 Å². The number of rotatable bonds is 3. The molecule has 8 nitrogen and oxygen atoms in total. The van der Waals surface area contributed by atoms with Gasteiger partial charge in [-0.3, -0.25) is 0 Å². The third-order valence-electron chi connectivity index (χ3n) is 5.61. The Hall–Kier alpha value is -2.42. The monoisotopic (exact) mass is 388 g/mol. The van der Waals surface area contributed by atoms with Crippen LogP contribution in [0.3, 0.4) is 0 Å². The van der Waals surface area contributed by atoms with Gasteiger partial charge in [-0.1, -0.05) is 30.7 Å². The third-order valence-corrected chi connectivity index (χ3v) is 5.86. The molecule has 1 aliphatic rings. The quantitative estimate of drug-likeness (QED) is 0.397. The third kappa shape index (κ3) is 2.99. The number of imidazole rings is 1. The molecule has 1 saturated carbocycles. The fraction of sp³-hybridized carbons (Fsp3) is 0.389. The predicted molar refractivity (Wildman–Crippen MR) is 101 cm³/mol. The molecular weight excluding hydrogens is 368 g/mol. The van der Waals surface area contributed by atoms with Crippen LogP contribution in [-0.2, 0) is 0 Å². The van der Waals surface area contributed by atoms with E-state index in [1.807, 2.05) is 28.8 Å². The highest BCUT2D eigenvalue weighted by Gasteiger charge is 2.45. The van der Waals surface area contributed by atoms with Gasteiger partial charge in [0.15, 0.2) is 5.52 Å². The number of benzene rings is 1. The number of nitrogens with two attached hydrogens (primary N) is 1. The molecule has 142 valence electrons. The van der Waals surface area contributed by atoms with Crippen molar-refractivity contribution in [2.45, 2.75) is 37.5 Å². The van der Waals surface area contributed by atoms with Crippen molar-refractivity contribution in [2.75, 3.05) is 0 Å². The van der Waals surface area contributed by atoms with Crippen LogP contribution in [0, 0.1) is 5.92 Å². The smallest absolute Gasteiger partial charge is 0.202 e. The lowest BCUT2D eigenvalue weighted by molar-refractivity contribution is 0.00286. The van der Waals surface area contributed by atoms with Gasteiger partial charge in [0.05, 0.1) is 24.8 Å². The molecule has 2 heterocycles. The lowest BCUT2D eigenvalue weighted by Crippen LogP contribution is -2.31. The maximum atomic E-state index is 10.7. The topological polar surface area (TPSA) is 125 Å². The van der Waals surface area contributed by atoms with Crippen LogP contribution >= 0.6 is 11.6 Å². The van der Waals surface area contributed by atoms with Gasteiger partial charge in [-0.15, -0.1) is 0 Å². The zero-order valence-electron chi connectivity index (χ0n) is 14.7. The standard InChI is InChI=1S/C18H21ClN6O2/c1-9(10-2-4-11(19)5-3-10)12-6-13(16(27)15(12)26)25-8-23-14-17(24-20)21-7-22-18(14)25/h2-5,7-9,12-13,15-16,26-27H,6,20H2,1H3,(H,21,22,24)/t9?,12-,13-,15-,16+/m1/s1. The molecule has 3 aromatic rings. The van der Waals surface area contributed by atoms with E-state index in [-0.39, 0.29) is 17.9 Å². The Morgan fingerprint density at radius 1 is 1.26 bits per heavy atom. The number of nitrogens with one attached hydrogen (secondary N) is 1. The van der Waals surface area contributed by atoms with E-state index in [4.69, 9.17) is 17.4 Å². The summed E-state index contributed by atoms with van der Waals surface area (Å²) in [5.74, 6) is 5.32. The van der Waals surface area contributed by atoms with Gasteiger partial charge in [0.25, 0.3) is 0 Å². The zero-order chi connectivity index (χ0) is 19.1. The molecule has 0 spiro atoms. The van der Waals surface area contributed by atoms with E-state index in [2.05, 4.69) is 27.0 Å². The Balaban J connectivity index is 1.67. The molecule has 0 amide bonds. The molecule has 5 N–H and O–H groups in total. The van der Waals surface area contributed by atoms with Gasteiger partial charge in [-0.05, 0) is 36.0 Å². The van der Waals surface area contributed by atoms with E-state index >= 15 is 0 Å². The molecule has 0 radical (unpaired) electrons. The molecule has 0 saturated heterocycles. The first kappa shape index (κ1) is 18.0. The van der Waals surface area contributed by atoms with Crippen LogP contribution in [0.1, 0.15) is 30.9 Å². The minimum Gasteiger partial charge on any atom is -0.390 e. The van der Waals surface area contributed by atoms with E-state index in [1.54, 1.807) is 6.33 Å². The zero-order valence-corrected chi connectivity index (χ0v) is 15.5. The van der Waals surface area contributed by atoms with E-state index < -0.39 is 12.2 Å². The second kappa shape index (κ2) is 6.95. The largest absolute Gasteiger partial charge is 0.390 e. The van der Waals surface area contributed by atoms with Crippen molar-refractivity contribution in [3.63, 3.8) is 0 Å². The molecule has 9 heteroatoms. The molecule has 1 aromatic carbocycles. The summed E-state index contributed by atoms with van der Waals surface area (Å²) in [7, 11) is 0. The van der Waals surface area contributed by atoms with Gasteiger partial charge in [-0.25, -0.2) is 9.97 Å². The molecule has 2 aromatic heterocycles. The first-order valence-corrected chi connectivity index (χ1v) is 9.14. The van der Waals surface area contributed by atoms with Crippen LogP contribution in [0.4, 0.5) is 0 Å². The maximum absolute atomic E-state index is 10.7. The minimum atomic E-state index is -0.915. The lowest BCUT2D eigenvalue weighted by atomic mass is 9.85. The fourth-order valence-corrected chi connectivity index (χ4v) is 4.19. The van der Waals surface area contributed by atoms with Crippen molar-refractivity contribution in [3.8, 4) is 0 Å². The second-order valence-corrected chi connectivity index (χ2v) is 7.43. The van der Waals surface area contributed by atoms with Crippen molar-refractivity contribution >= 4 is 22.8 Å². The molecule has 0 aliphatic heterocycles. The Morgan fingerprint density at radius 3 is 2.70 bits per heavy atom. The molecule has 1 unspecified atom stereocenters. The number of aromatic amines is 1. The van der Waals surface area contributed by atoms with Crippen LogP contribution in [0.15, 0.2) is 42.0 Å². The first-order chi connectivity index (χ1) is 13.0. The molecule has 1 fully saturated rings. The number of aromatic nitrogens is 4. The average molecular weight is 389 g/mol. The van der Waals surface area contributed by atoms with Crippen LogP contribution in [0.5, 0.6) is 0 Å². The molecule has 0 bridgehead atoms. The number of halogens is 1. The molecule has 4 rings (SSSR count). The first-order valence-electron chi connectivity index (χ1n) is 8.77. The Labute approximate surface area is 160 Å². The summed E-state index contributed by atoms with van der Waals surface area (Å²) in [4.78, 5) is 11.4. The summed E-state index contributed by atoms with van der Waals surface area (Å²) in [6.45, 7) is 2.06. The van der Waals surface area contributed by atoms with E-state index in [0.717, 1.165) is 5.56 Å². The highest BCUT2D eigenvalue weighted by Crippen LogP contribution is 2.43. The highest BCUT2D eigenvalue weighted by atomic mass is 35.5. The normalized spacial score (nSPS) is 27.3. The Bertz CT molecular complexity index is 1010. The summed E-state index contributed by atoms with van der Waals surface area (Å²) in [5, 5.41) is 25.7. The lowest BCUT2D eigenvalue weighted by Gasteiger charge is -2.23. The number of nitrogens with zero attached hydrogens (tertiary/aromatic N) is 4. The van der Waals surface area contributed by atoms with Crippen LogP contribution < -0.4 is 11.3 Å². The second-order valence-electron chi connectivity index (χ2n) is 6.99. The van der Waals surface area contributed by atoms with Gasteiger partial charge >= 0.3 is 0 Å². The van der Waals surface area contributed by atoms with Crippen molar-refractivity contribution in [2.24, 2.45) is 16.9 Å². The number of aliphatic hydroxyl groups is 2. The van der Waals surface area contributed by atoms with Gasteiger partial charge in [0.1, 0.15) is 11.8 Å².